The van der Waals surface area contributed by atoms with Gasteiger partial charge in [0, 0.05) is 43.6 Å². The number of rotatable bonds is 8. The lowest BCUT2D eigenvalue weighted by molar-refractivity contribution is -0.383. The Labute approximate surface area is 287 Å². The molecule has 3 aliphatic rings. The molecule has 2 saturated heterocycles. The number of hydrogen-bond donors (Lipinski definition) is 2. The maximum Gasteiger partial charge on any atom is 0.416 e. The van der Waals surface area contributed by atoms with Crippen molar-refractivity contribution in [1.82, 2.24) is 20.1 Å². The van der Waals surface area contributed by atoms with Crippen LogP contribution in [0, 0.1) is 10.1 Å². The van der Waals surface area contributed by atoms with Crippen molar-refractivity contribution in [2.24, 2.45) is 0 Å². The third kappa shape index (κ3) is 6.79. The zero-order valence-corrected chi connectivity index (χ0v) is 27.2. The fraction of sp³-hybridized carbons (Fsp3) is 0.333. The first-order chi connectivity index (χ1) is 23.7. The van der Waals surface area contributed by atoms with Crippen LogP contribution in [0.4, 0.5) is 28.8 Å². The van der Waals surface area contributed by atoms with Gasteiger partial charge >= 0.3 is 18.2 Å². The number of fused-ring (bicyclic) bond motifs is 2. The number of aliphatic carboxylic acids is 1. The molecule has 0 aliphatic carbocycles. The molecule has 0 spiro atoms. The molecule has 50 heavy (non-hydrogen) atoms. The Kier molecular flexibility index (Phi) is 9.40. The molecular weight excluding hydrogens is 709 g/mol. The second-order valence-corrected chi connectivity index (χ2v) is 13.4. The second kappa shape index (κ2) is 13.6. The van der Waals surface area contributed by atoms with E-state index in [0.29, 0.717) is 23.5 Å². The van der Waals surface area contributed by atoms with E-state index in [1.165, 1.54) is 16.7 Å². The van der Waals surface area contributed by atoms with Crippen molar-refractivity contribution in [2.45, 2.75) is 24.0 Å². The van der Waals surface area contributed by atoms with Crippen molar-refractivity contribution in [3.63, 3.8) is 0 Å². The van der Waals surface area contributed by atoms with E-state index in [2.05, 4.69) is 10.3 Å². The number of nitro groups is 1. The van der Waals surface area contributed by atoms with Crippen LogP contribution < -0.4 is 15.8 Å². The number of halogens is 3. The molecule has 3 aliphatic heterocycles. The number of carboxylic acids is 1. The van der Waals surface area contributed by atoms with E-state index in [9.17, 15) is 52.4 Å². The van der Waals surface area contributed by atoms with Crippen molar-refractivity contribution in [3.05, 3.63) is 85.3 Å². The van der Waals surface area contributed by atoms with Gasteiger partial charge in [-0.25, -0.2) is 9.59 Å². The van der Waals surface area contributed by atoms with Gasteiger partial charge in [-0.3, -0.25) is 29.4 Å². The highest BCUT2D eigenvalue weighted by molar-refractivity contribution is 8.00. The van der Waals surface area contributed by atoms with E-state index < -0.39 is 69.3 Å². The van der Waals surface area contributed by atoms with Gasteiger partial charge in [0.25, 0.3) is 17.2 Å². The molecule has 3 aromatic rings. The summed E-state index contributed by atoms with van der Waals surface area (Å²) in [5, 5.41) is 23.0. The Morgan fingerprint density at radius 1 is 1.10 bits per heavy atom. The number of carbonyl (C=O) groups is 4. The van der Waals surface area contributed by atoms with Gasteiger partial charge in [-0.15, -0.1) is 11.8 Å². The van der Waals surface area contributed by atoms with Gasteiger partial charge < -0.3 is 25.0 Å². The van der Waals surface area contributed by atoms with Crippen LogP contribution in [0.3, 0.4) is 0 Å². The Hall–Kier alpha value is -5.24. The number of benzene rings is 2. The monoisotopic (exact) mass is 734 g/mol. The zero-order chi connectivity index (χ0) is 35.9. The highest BCUT2D eigenvalue weighted by Gasteiger charge is 2.54. The molecule has 0 saturated carbocycles. The molecule has 2 N–H and O–H groups in total. The van der Waals surface area contributed by atoms with E-state index in [1.54, 1.807) is 29.2 Å². The van der Waals surface area contributed by atoms with Gasteiger partial charge in [0.15, 0.2) is 5.13 Å². The summed E-state index contributed by atoms with van der Waals surface area (Å²) in [4.78, 5) is 81.7. The number of β-lactam (4-membered cyclic amide) rings is 1. The van der Waals surface area contributed by atoms with Crippen LogP contribution in [0.25, 0.3) is 10.1 Å². The predicted molar refractivity (Wildman–Crippen MR) is 173 cm³/mol. The number of nitro benzene ring substituents is 1. The van der Waals surface area contributed by atoms with Crippen LogP contribution in [0.15, 0.2) is 58.5 Å². The second-order valence-electron chi connectivity index (χ2n) is 11.3. The van der Waals surface area contributed by atoms with Crippen molar-refractivity contribution >= 4 is 67.9 Å². The predicted octanol–water partition coefficient (Wildman–Crippen LogP) is 2.82. The average Bonchev–Trinajstić information content (AvgIpc) is 3.08. The smallest absolute Gasteiger partial charge is 0.416 e. The SMILES string of the molecule is O=C(Cc1ccccc1)N[C@@H]1C(=O)N2C(C(=O)O)=C(COC(=O)N3CCN(c4nc(=O)c5cc(C(F)(F)F)cc([N+](=O)[O-])c5s4)CC3)CS[C@H]12. The molecule has 2 fully saturated rings. The summed E-state index contributed by atoms with van der Waals surface area (Å²) in [6, 6.07) is 8.89. The molecular formula is C30H25F3N6O9S2. The molecule has 2 aromatic carbocycles. The molecule has 4 heterocycles. The van der Waals surface area contributed by atoms with Crippen LogP contribution in [-0.2, 0) is 31.7 Å². The third-order valence-electron chi connectivity index (χ3n) is 8.17. The molecule has 1 aromatic heterocycles. The number of nitrogens with zero attached hydrogens (tertiary/aromatic N) is 5. The number of anilines is 1. The lowest BCUT2D eigenvalue weighted by Gasteiger charge is -2.49. The van der Waals surface area contributed by atoms with Crippen molar-refractivity contribution in [3.8, 4) is 0 Å². The molecule has 15 nitrogen and oxygen atoms in total. The first-order valence-electron chi connectivity index (χ1n) is 14.8. The molecule has 2 atom stereocenters. The van der Waals surface area contributed by atoms with Gasteiger partial charge in [-0.05, 0) is 11.6 Å². The summed E-state index contributed by atoms with van der Waals surface area (Å²) in [5.74, 6) is -2.27. The zero-order valence-electron chi connectivity index (χ0n) is 25.5. The summed E-state index contributed by atoms with van der Waals surface area (Å²) in [5.41, 5.74) is -2.67. The number of hydrogen-bond acceptors (Lipinski definition) is 12. The van der Waals surface area contributed by atoms with Gasteiger partial charge in [-0.1, -0.05) is 41.7 Å². The number of piperazine rings is 1. The molecule has 0 unspecified atom stereocenters. The van der Waals surface area contributed by atoms with Crippen LogP contribution in [0.1, 0.15) is 11.1 Å². The van der Waals surface area contributed by atoms with Gasteiger partial charge in [0.2, 0.25) is 5.91 Å². The van der Waals surface area contributed by atoms with Gasteiger partial charge in [-0.2, -0.15) is 18.2 Å². The quantitative estimate of drug-likeness (QED) is 0.196. The van der Waals surface area contributed by atoms with Crippen LogP contribution in [0.5, 0.6) is 0 Å². The number of ether oxygens (including phenoxy) is 1. The number of nitrogens with one attached hydrogen (secondary N) is 1. The van der Waals surface area contributed by atoms with Crippen molar-refractivity contribution in [2.75, 3.05) is 43.4 Å². The number of carboxylic acid groups (broad SMARTS) is 1. The average molecular weight is 735 g/mol. The van der Waals surface area contributed by atoms with Crippen LogP contribution in [0.2, 0.25) is 0 Å². The molecule has 3 amide bonds. The van der Waals surface area contributed by atoms with Crippen molar-refractivity contribution < 1.29 is 47.1 Å². The first-order valence-corrected chi connectivity index (χ1v) is 16.7. The van der Waals surface area contributed by atoms with E-state index in [-0.39, 0.29) is 65.4 Å². The van der Waals surface area contributed by atoms with E-state index in [4.69, 9.17) is 4.74 Å². The minimum atomic E-state index is -4.92. The standard InChI is InChI=1S/C30H25F3N6O9S2/c31-30(32,33)17-11-18-23(19(12-17)39(46)47)50-28(35-24(18)41)36-6-8-37(9-7-36)29(45)48-13-16-14-49-26-21(25(42)38(26)22(16)27(43)44)34-20(40)10-15-4-2-1-3-5-15/h1-5,11-12,21,26H,6-10,13-14H2,(H,34,40)(H,43,44)/t21-,26-/m1/s1. The van der Waals surface area contributed by atoms with E-state index >= 15 is 0 Å². The molecule has 6 rings (SSSR count). The highest BCUT2D eigenvalue weighted by Crippen LogP contribution is 2.41. The number of non-ortho nitro benzene ring substituents is 1. The highest BCUT2D eigenvalue weighted by atomic mass is 32.2. The Morgan fingerprint density at radius 2 is 1.80 bits per heavy atom. The Bertz CT molecular complexity index is 2000. The summed E-state index contributed by atoms with van der Waals surface area (Å²) < 4.78 is 45.0. The topological polar surface area (TPSA) is 193 Å². The molecule has 262 valence electrons. The number of thioether (sulfide) groups is 1. The minimum absolute atomic E-state index is 0.0252. The maximum absolute atomic E-state index is 13.3. The van der Waals surface area contributed by atoms with E-state index in [1.807, 2.05) is 6.07 Å². The lowest BCUT2D eigenvalue weighted by Crippen LogP contribution is -2.70. The van der Waals surface area contributed by atoms with Crippen molar-refractivity contribution in [1.29, 1.82) is 0 Å². The van der Waals surface area contributed by atoms with Gasteiger partial charge in [0.1, 0.15) is 28.4 Å². The fourth-order valence-corrected chi connectivity index (χ4v) is 8.14. The Balaban J connectivity index is 1.07. The largest absolute Gasteiger partial charge is 0.477 e. The fourth-order valence-electron chi connectivity index (χ4n) is 5.70. The first kappa shape index (κ1) is 34.6. The minimum Gasteiger partial charge on any atom is -0.477 e. The van der Waals surface area contributed by atoms with E-state index in [0.717, 1.165) is 10.5 Å². The number of alkyl halides is 3. The van der Waals surface area contributed by atoms with Gasteiger partial charge in [0.05, 0.1) is 22.3 Å². The summed E-state index contributed by atoms with van der Waals surface area (Å²) in [6.45, 7) is -0.139. The number of amides is 3. The Morgan fingerprint density at radius 3 is 2.44 bits per heavy atom. The number of aromatic nitrogens is 1. The molecule has 20 heteroatoms. The van der Waals surface area contributed by atoms with Crippen LogP contribution >= 0.6 is 23.1 Å². The summed E-state index contributed by atoms with van der Waals surface area (Å²) in [7, 11) is 0. The molecule has 0 radical (unpaired) electrons. The molecule has 0 bridgehead atoms. The summed E-state index contributed by atoms with van der Waals surface area (Å²) in [6.07, 6.45) is -5.65. The summed E-state index contributed by atoms with van der Waals surface area (Å²) >= 11 is 1.91. The van der Waals surface area contributed by atoms with Crippen LogP contribution in [-0.4, -0.2) is 98.6 Å². The maximum atomic E-state index is 13.3. The number of carbonyl (C=O) groups excluding carboxylic acids is 3. The third-order valence-corrected chi connectivity index (χ3v) is 10.7. The lowest BCUT2D eigenvalue weighted by atomic mass is 10.0. The normalized spacial score (nSPS) is 19.2.